The first kappa shape index (κ1) is 16.4. The Morgan fingerprint density at radius 3 is 2.70 bits per heavy atom. The number of carbonyl (C=O) groups excluding carboxylic acids is 2. The number of amides is 2. The van der Waals surface area contributed by atoms with Gasteiger partial charge in [0.15, 0.2) is 0 Å². The number of hydrogen-bond donors (Lipinski definition) is 3. The number of rotatable bonds is 5. The van der Waals surface area contributed by atoms with Gasteiger partial charge in [0, 0.05) is 12.5 Å². The van der Waals surface area contributed by atoms with Crippen molar-refractivity contribution in [2.45, 2.75) is 52.1 Å². The van der Waals surface area contributed by atoms with Crippen LogP contribution in [0, 0.1) is 22.7 Å². The lowest BCUT2D eigenvalue weighted by atomic mass is 9.88. The Labute approximate surface area is 120 Å². The van der Waals surface area contributed by atoms with Crippen LogP contribution in [-0.4, -0.2) is 30.4 Å². The van der Waals surface area contributed by atoms with Crippen LogP contribution >= 0.6 is 0 Å². The van der Waals surface area contributed by atoms with E-state index in [9.17, 15) is 9.59 Å². The number of nitrogens with two attached hydrogens (primary N) is 1. The summed E-state index contributed by atoms with van der Waals surface area (Å²) in [5, 5.41) is 14.5. The molecule has 20 heavy (non-hydrogen) atoms. The van der Waals surface area contributed by atoms with Gasteiger partial charge in [-0.25, -0.2) is 0 Å². The zero-order chi connectivity index (χ0) is 15.3. The number of carbonyl (C=O) groups is 2. The number of nitriles is 1. The first-order chi connectivity index (χ1) is 9.23. The molecule has 2 amide bonds. The van der Waals surface area contributed by atoms with E-state index >= 15 is 0 Å². The van der Waals surface area contributed by atoms with Gasteiger partial charge in [-0.05, 0) is 24.7 Å². The summed E-state index contributed by atoms with van der Waals surface area (Å²) >= 11 is 0. The molecule has 3 atom stereocenters. The summed E-state index contributed by atoms with van der Waals surface area (Å²) in [5.41, 5.74) is 5.79. The van der Waals surface area contributed by atoms with Crippen LogP contribution < -0.4 is 16.4 Å². The van der Waals surface area contributed by atoms with E-state index in [1.54, 1.807) is 0 Å². The molecule has 0 aliphatic carbocycles. The molecule has 0 bridgehead atoms. The Hall–Kier alpha value is -1.61. The topological polar surface area (TPSA) is 108 Å². The van der Waals surface area contributed by atoms with Gasteiger partial charge in [0.1, 0.15) is 6.04 Å². The van der Waals surface area contributed by atoms with Crippen molar-refractivity contribution in [3.63, 3.8) is 0 Å². The summed E-state index contributed by atoms with van der Waals surface area (Å²) in [7, 11) is 0. The second-order valence-electron chi connectivity index (χ2n) is 6.57. The Bertz CT molecular complexity index is 408. The molecule has 6 nitrogen and oxygen atoms in total. The van der Waals surface area contributed by atoms with Crippen LogP contribution in [0.2, 0.25) is 0 Å². The van der Waals surface area contributed by atoms with Crippen LogP contribution in [0.25, 0.3) is 0 Å². The first-order valence-electron chi connectivity index (χ1n) is 6.96. The summed E-state index contributed by atoms with van der Waals surface area (Å²) in [6.07, 6.45) is 1.60. The highest BCUT2D eigenvalue weighted by Gasteiger charge is 2.29. The van der Waals surface area contributed by atoms with Crippen molar-refractivity contribution < 1.29 is 9.59 Å². The summed E-state index contributed by atoms with van der Waals surface area (Å²) in [6, 6.07) is 0.730. The third-order valence-electron chi connectivity index (χ3n) is 3.32. The zero-order valence-corrected chi connectivity index (χ0v) is 12.4. The van der Waals surface area contributed by atoms with Crippen molar-refractivity contribution >= 4 is 11.8 Å². The molecule has 0 aromatic heterocycles. The van der Waals surface area contributed by atoms with Crippen molar-refractivity contribution in [3.8, 4) is 6.07 Å². The third kappa shape index (κ3) is 5.17. The van der Waals surface area contributed by atoms with Gasteiger partial charge in [0.05, 0.1) is 12.1 Å². The van der Waals surface area contributed by atoms with E-state index in [1.165, 1.54) is 0 Å². The molecule has 1 heterocycles. The summed E-state index contributed by atoms with van der Waals surface area (Å²) in [6.45, 7) is 6.65. The molecule has 112 valence electrons. The zero-order valence-electron chi connectivity index (χ0n) is 12.4. The van der Waals surface area contributed by atoms with Crippen LogP contribution in [0.5, 0.6) is 0 Å². The van der Waals surface area contributed by atoms with Crippen LogP contribution in [0.3, 0.4) is 0 Å². The molecule has 1 fully saturated rings. The molecule has 0 saturated carbocycles. The van der Waals surface area contributed by atoms with E-state index in [1.807, 2.05) is 26.8 Å². The maximum Gasteiger partial charge on any atom is 0.237 e. The highest BCUT2D eigenvalue weighted by molar-refractivity contribution is 5.83. The fourth-order valence-electron chi connectivity index (χ4n) is 2.33. The highest BCUT2D eigenvalue weighted by atomic mass is 16.2. The van der Waals surface area contributed by atoms with Crippen LogP contribution in [0.1, 0.15) is 40.0 Å². The summed E-state index contributed by atoms with van der Waals surface area (Å²) in [5.74, 6) is -0.567. The molecular formula is C14H24N4O2. The average molecular weight is 280 g/mol. The molecule has 1 saturated heterocycles. The molecule has 6 heteroatoms. The highest BCUT2D eigenvalue weighted by Crippen LogP contribution is 2.20. The standard InChI is InChI=1S/C14H24N4O2/c1-14(2,3)7-11(16)13(20)18-10(8-15)6-9-4-5-17-12(9)19/h9-11H,4-7,16H2,1-3H3,(H,17,19)(H,18,20)/t9-,10?,11-/m0/s1. The average Bonchev–Trinajstić information content (AvgIpc) is 2.71. The van der Waals surface area contributed by atoms with Crippen molar-refractivity contribution in [1.82, 2.24) is 10.6 Å². The maximum atomic E-state index is 12.0. The van der Waals surface area contributed by atoms with E-state index in [4.69, 9.17) is 11.0 Å². The number of nitrogens with zero attached hydrogens (tertiary/aromatic N) is 1. The molecule has 0 spiro atoms. The van der Waals surface area contributed by atoms with Gasteiger partial charge in [0.2, 0.25) is 11.8 Å². The van der Waals surface area contributed by atoms with Gasteiger partial charge in [-0.1, -0.05) is 20.8 Å². The lowest BCUT2D eigenvalue weighted by Gasteiger charge is -2.23. The molecular weight excluding hydrogens is 256 g/mol. The lowest BCUT2D eigenvalue weighted by molar-refractivity contribution is -0.125. The predicted octanol–water partition coefficient (Wildman–Crippen LogP) is 0.284. The number of nitrogens with one attached hydrogen (secondary N) is 2. The van der Waals surface area contributed by atoms with Crippen LogP contribution in [-0.2, 0) is 9.59 Å². The Morgan fingerprint density at radius 1 is 1.60 bits per heavy atom. The van der Waals surface area contributed by atoms with Crippen LogP contribution in [0.4, 0.5) is 0 Å². The van der Waals surface area contributed by atoms with Gasteiger partial charge < -0.3 is 16.4 Å². The van der Waals surface area contributed by atoms with E-state index in [2.05, 4.69) is 10.6 Å². The minimum absolute atomic E-state index is 0.0431. The minimum Gasteiger partial charge on any atom is -0.356 e. The summed E-state index contributed by atoms with van der Waals surface area (Å²) < 4.78 is 0. The predicted molar refractivity (Wildman–Crippen MR) is 75.3 cm³/mol. The molecule has 0 aromatic carbocycles. The second kappa shape index (κ2) is 6.71. The van der Waals surface area contributed by atoms with Crippen molar-refractivity contribution in [2.24, 2.45) is 17.1 Å². The minimum atomic E-state index is -0.664. The van der Waals surface area contributed by atoms with Crippen LogP contribution in [0.15, 0.2) is 0 Å². The van der Waals surface area contributed by atoms with Gasteiger partial charge in [-0.2, -0.15) is 5.26 Å². The molecule has 1 aliphatic rings. The molecule has 4 N–H and O–H groups in total. The summed E-state index contributed by atoms with van der Waals surface area (Å²) in [4.78, 5) is 23.4. The maximum absolute atomic E-state index is 12.0. The lowest BCUT2D eigenvalue weighted by Crippen LogP contribution is -2.47. The fourth-order valence-corrected chi connectivity index (χ4v) is 2.33. The van der Waals surface area contributed by atoms with Crippen molar-refractivity contribution in [3.05, 3.63) is 0 Å². The van der Waals surface area contributed by atoms with Gasteiger partial charge in [-0.15, -0.1) is 0 Å². The Balaban J connectivity index is 2.49. The molecule has 1 aliphatic heterocycles. The molecule has 1 unspecified atom stereocenters. The SMILES string of the molecule is CC(C)(C)C[C@H](N)C(=O)NC(C#N)C[C@@H]1CCNC1=O. The van der Waals surface area contributed by atoms with Gasteiger partial charge in [0.25, 0.3) is 0 Å². The van der Waals surface area contributed by atoms with Crippen molar-refractivity contribution in [1.29, 1.82) is 5.26 Å². The number of hydrogen-bond acceptors (Lipinski definition) is 4. The van der Waals surface area contributed by atoms with Gasteiger partial charge in [-0.3, -0.25) is 9.59 Å². The van der Waals surface area contributed by atoms with E-state index < -0.39 is 12.1 Å². The molecule has 0 aromatic rings. The quantitative estimate of drug-likeness (QED) is 0.672. The monoisotopic (exact) mass is 280 g/mol. The fraction of sp³-hybridized carbons (Fsp3) is 0.786. The first-order valence-corrected chi connectivity index (χ1v) is 6.96. The van der Waals surface area contributed by atoms with Gasteiger partial charge >= 0.3 is 0 Å². The Kier molecular flexibility index (Phi) is 5.52. The normalized spacial score (nSPS) is 21.8. The van der Waals surface area contributed by atoms with E-state index in [-0.39, 0.29) is 23.1 Å². The third-order valence-corrected chi connectivity index (χ3v) is 3.32. The molecule has 0 radical (unpaired) electrons. The molecule has 1 rings (SSSR count). The Morgan fingerprint density at radius 2 is 2.25 bits per heavy atom. The van der Waals surface area contributed by atoms with E-state index in [0.29, 0.717) is 25.8 Å². The second-order valence-corrected chi connectivity index (χ2v) is 6.57. The largest absolute Gasteiger partial charge is 0.356 e. The van der Waals surface area contributed by atoms with E-state index in [0.717, 1.165) is 0 Å². The van der Waals surface area contributed by atoms with Crippen molar-refractivity contribution in [2.75, 3.05) is 6.54 Å². The smallest absolute Gasteiger partial charge is 0.237 e.